The number of hydrogen-bond acceptors (Lipinski definition) is 6. The molecular weight excluding hydrogens is 348 g/mol. The normalized spacial score (nSPS) is 23.3. The van der Waals surface area contributed by atoms with Crippen LogP contribution in [-0.4, -0.2) is 57.2 Å². The molecule has 0 amide bonds. The van der Waals surface area contributed by atoms with Gasteiger partial charge in [0.1, 0.15) is 23.6 Å². The number of ketones is 1. The number of rotatable bonds is 10. The van der Waals surface area contributed by atoms with Gasteiger partial charge >= 0.3 is 0 Å². The predicted molar refractivity (Wildman–Crippen MR) is 101 cm³/mol. The number of aliphatic hydroxyl groups is 4. The molecule has 0 fully saturated rings. The average Bonchev–Trinajstić information content (AvgIpc) is 2.96. The predicted octanol–water partition coefficient (Wildman–Crippen LogP) is 1.30. The highest BCUT2D eigenvalue weighted by Crippen LogP contribution is 2.31. The van der Waals surface area contributed by atoms with Crippen LogP contribution in [0.4, 0.5) is 0 Å². The van der Waals surface area contributed by atoms with E-state index in [1.54, 1.807) is 0 Å². The molecule has 1 aromatic carbocycles. The van der Waals surface area contributed by atoms with Crippen molar-refractivity contribution < 1.29 is 30.0 Å². The first-order chi connectivity index (χ1) is 13.0. The van der Waals surface area contributed by atoms with Crippen LogP contribution in [0, 0.1) is 0 Å². The summed E-state index contributed by atoms with van der Waals surface area (Å²) >= 11 is 0. The number of hydrogen-bond donors (Lipinski definition) is 4. The van der Waals surface area contributed by atoms with Crippen LogP contribution in [-0.2, 0) is 4.79 Å². The third-order valence-corrected chi connectivity index (χ3v) is 4.36. The van der Waals surface area contributed by atoms with E-state index in [4.69, 9.17) is 9.84 Å². The van der Waals surface area contributed by atoms with Crippen LogP contribution in [0.1, 0.15) is 19.3 Å². The largest absolute Gasteiger partial charge is 0.494 e. The van der Waals surface area contributed by atoms with Crippen molar-refractivity contribution in [3.8, 4) is 5.75 Å². The van der Waals surface area contributed by atoms with Gasteiger partial charge in [0.15, 0.2) is 5.78 Å². The van der Waals surface area contributed by atoms with Gasteiger partial charge < -0.3 is 25.2 Å². The van der Waals surface area contributed by atoms with Gasteiger partial charge in [-0.3, -0.25) is 4.79 Å². The summed E-state index contributed by atoms with van der Waals surface area (Å²) in [6, 6.07) is 9.46. The number of carbonyl (C=O) groups is 1. The lowest BCUT2D eigenvalue weighted by atomic mass is 9.90. The van der Waals surface area contributed by atoms with Crippen LogP contribution in [0.3, 0.4) is 0 Å². The summed E-state index contributed by atoms with van der Waals surface area (Å²) in [6.07, 6.45) is 6.11. The molecule has 6 heteroatoms. The lowest BCUT2D eigenvalue weighted by Gasteiger charge is -2.22. The summed E-state index contributed by atoms with van der Waals surface area (Å²) in [7, 11) is 0. The number of carbonyl (C=O) groups excluding carboxylic acids is 1. The van der Waals surface area contributed by atoms with Gasteiger partial charge in [0.05, 0.1) is 13.2 Å². The SMILES string of the molecule is O=C1C=CC(O)(CCCCOc2ccccc2)/C1=C/C=C/[C@H](O)[C@H](O)CO. The molecule has 27 heavy (non-hydrogen) atoms. The second kappa shape index (κ2) is 10.2. The van der Waals surface area contributed by atoms with Gasteiger partial charge in [0.25, 0.3) is 0 Å². The molecule has 3 atom stereocenters. The van der Waals surface area contributed by atoms with Crippen LogP contribution in [0.2, 0.25) is 0 Å². The number of unbranched alkanes of at least 4 members (excludes halogenated alkanes) is 1. The maximum atomic E-state index is 12.0. The Morgan fingerprint density at radius 3 is 2.59 bits per heavy atom. The highest BCUT2D eigenvalue weighted by atomic mass is 16.5. The van der Waals surface area contributed by atoms with Crippen molar-refractivity contribution in [1.29, 1.82) is 0 Å². The lowest BCUT2D eigenvalue weighted by Crippen LogP contribution is -2.28. The molecule has 1 unspecified atom stereocenters. The minimum atomic E-state index is -1.35. The maximum absolute atomic E-state index is 12.0. The molecular formula is C21H26O6. The van der Waals surface area contributed by atoms with Gasteiger partial charge in [-0.05, 0) is 43.5 Å². The first-order valence-corrected chi connectivity index (χ1v) is 8.96. The number of aliphatic hydroxyl groups excluding tert-OH is 3. The Morgan fingerprint density at radius 1 is 1.15 bits per heavy atom. The molecule has 0 heterocycles. The van der Waals surface area contributed by atoms with Crippen LogP contribution < -0.4 is 4.74 Å². The lowest BCUT2D eigenvalue weighted by molar-refractivity contribution is -0.112. The molecule has 0 spiro atoms. The maximum Gasteiger partial charge on any atom is 0.184 e. The van der Waals surface area contributed by atoms with Crippen LogP contribution in [0.5, 0.6) is 5.75 Å². The van der Waals surface area contributed by atoms with E-state index < -0.39 is 24.4 Å². The van der Waals surface area contributed by atoms with Gasteiger partial charge in [-0.25, -0.2) is 0 Å². The first kappa shape index (κ1) is 21.1. The number of benzene rings is 1. The number of allylic oxidation sites excluding steroid dienone is 3. The van der Waals surface area contributed by atoms with E-state index in [2.05, 4.69) is 0 Å². The molecule has 0 aromatic heterocycles. The summed E-state index contributed by atoms with van der Waals surface area (Å²) in [5, 5.41) is 38.4. The van der Waals surface area contributed by atoms with E-state index in [1.165, 1.54) is 30.4 Å². The molecule has 0 saturated heterocycles. The fourth-order valence-electron chi connectivity index (χ4n) is 2.76. The zero-order chi connectivity index (χ0) is 19.7. The fraction of sp³-hybridized carbons (Fsp3) is 0.381. The zero-order valence-electron chi connectivity index (χ0n) is 15.1. The molecule has 4 N–H and O–H groups in total. The Bertz CT molecular complexity index is 694. The minimum Gasteiger partial charge on any atom is -0.494 e. The molecule has 0 radical (unpaired) electrons. The topological polar surface area (TPSA) is 107 Å². The Balaban J connectivity index is 1.86. The number of ether oxygens (including phenoxy) is 1. The minimum absolute atomic E-state index is 0.216. The summed E-state index contributed by atoms with van der Waals surface area (Å²) in [4.78, 5) is 12.0. The molecule has 146 valence electrons. The Labute approximate surface area is 158 Å². The third-order valence-electron chi connectivity index (χ3n) is 4.36. The van der Waals surface area contributed by atoms with Crippen LogP contribution in [0.25, 0.3) is 0 Å². The molecule has 0 saturated carbocycles. The van der Waals surface area contributed by atoms with Gasteiger partial charge in [-0.2, -0.15) is 0 Å². The average molecular weight is 374 g/mol. The Kier molecular flexibility index (Phi) is 7.94. The number of para-hydroxylation sites is 1. The van der Waals surface area contributed by atoms with Crippen molar-refractivity contribution in [3.05, 3.63) is 66.3 Å². The highest BCUT2D eigenvalue weighted by Gasteiger charge is 2.36. The molecule has 1 aromatic rings. The van der Waals surface area contributed by atoms with Gasteiger partial charge in [-0.1, -0.05) is 36.4 Å². The van der Waals surface area contributed by atoms with Crippen LogP contribution in [0.15, 0.2) is 66.3 Å². The third kappa shape index (κ3) is 6.15. The van der Waals surface area contributed by atoms with Crippen molar-refractivity contribution in [2.24, 2.45) is 0 Å². The van der Waals surface area contributed by atoms with Crippen molar-refractivity contribution >= 4 is 5.78 Å². The van der Waals surface area contributed by atoms with Gasteiger partial charge in [0.2, 0.25) is 0 Å². The Morgan fingerprint density at radius 2 is 1.89 bits per heavy atom. The van der Waals surface area contributed by atoms with E-state index in [0.717, 1.165) is 12.2 Å². The van der Waals surface area contributed by atoms with Crippen LogP contribution >= 0.6 is 0 Å². The molecule has 0 bridgehead atoms. The second-order valence-corrected chi connectivity index (χ2v) is 6.45. The highest BCUT2D eigenvalue weighted by molar-refractivity contribution is 6.09. The fourth-order valence-corrected chi connectivity index (χ4v) is 2.76. The summed E-state index contributed by atoms with van der Waals surface area (Å²) < 4.78 is 5.61. The van der Waals surface area contributed by atoms with Crippen molar-refractivity contribution in [2.45, 2.75) is 37.1 Å². The van der Waals surface area contributed by atoms with Crippen molar-refractivity contribution in [2.75, 3.05) is 13.2 Å². The van der Waals surface area contributed by atoms with Crippen molar-refractivity contribution in [1.82, 2.24) is 0 Å². The molecule has 1 aliphatic rings. The molecule has 6 nitrogen and oxygen atoms in total. The van der Waals surface area contributed by atoms with Gasteiger partial charge in [-0.15, -0.1) is 0 Å². The Hall–Kier alpha value is -2.25. The molecule has 2 rings (SSSR count). The quantitative estimate of drug-likeness (QED) is 0.363. The van der Waals surface area contributed by atoms with E-state index in [9.17, 15) is 20.1 Å². The molecule has 1 aliphatic carbocycles. The van der Waals surface area contributed by atoms with E-state index in [-0.39, 0.29) is 11.4 Å². The summed E-state index contributed by atoms with van der Waals surface area (Å²) in [5.41, 5.74) is -1.14. The van der Waals surface area contributed by atoms with Gasteiger partial charge in [0, 0.05) is 5.57 Å². The van der Waals surface area contributed by atoms with E-state index in [1.807, 2.05) is 30.3 Å². The monoisotopic (exact) mass is 374 g/mol. The smallest absolute Gasteiger partial charge is 0.184 e. The summed E-state index contributed by atoms with van der Waals surface area (Å²) in [6.45, 7) is -0.0561. The standard InChI is InChI=1S/C21H26O6/c22-15-20(25)19(24)10-6-9-17-18(23)11-13-21(17,26)12-4-5-14-27-16-7-2-1-3-8-16/h1-3,6-11,13,19-20,22,24-26H,4-5,12,14-15H2/b10-6+,17-9+/t19-,20+,21?/m0/s1. The molecule has 0 aliphatic heterocycles. The van der Waals surface area contributed by atoms with E-state index >= 15 is 0 Å². The van der Waals surface area contributed by atoms with Crippen molar-refractivity contribution in [3.63, 3.8) is 0 Å². The second-order valence-electron chi connectivity index (χ2n) is 6.45. The zero-order valence-corrected chi connectivity index (χ0v) is 15.1. The summed E-state index contributed by atoms with van der Waals surface area (Å²) in [5.74, 6) is 0.501. The first-order valence-electron chi connectivity index (χ1n) is 8.96. The van der Waals surface area contributed by atoms with E-state index in [0.29, 0.717) is 19.4 Å².